The molecule has 0 fully saturated rings. The van der Waals surface area contributed by atoms with Crippen LogP contribution in [0, 0.1) is 0 Å². The minimum atomic E-state index is 0.329. The molecule has 0 saturated carbocycles. The van der Waals surface area contributed by atoms with E-state index in [9.17, 15) is 0 Å². The highest BCUT2D eigenvalue weighted by molar-refractivity contribution is 5.75. The number of benzene rings is 2. The predicted octanol–water partition coefficient (Wildman–Crippen LogP) is 4.02. The highest BCUT2D eigenvalue weighted by Gasteiger charge is 2.13. The van der Waals surface area contributed by atoms with Crippen LogP contribution in [-0.4, -0.2) is 19.4 Å². The number of rotatable bonds is 7. The molecular weight excluding hydrogens is 290 g/mol. The molecule has 1 unspecified atom stereocenters. The summed E-state index contributed by atoms with van der Waals surface area (Å²) < 4.78 is 5.65. The third-order valence-corrected chi connectivity index (χ3v) is 4.28. The predicted molar refractivity (Wildman–Crippen MR) is 96.0 cm³/mol. The molecule has 2 aromatic carbocycles. The van der Waals surface area contributed by atoms with E-state index in [1.165, 1.54) is 16.7 Å². The molecule has 1 atom stereocenters. The SMILES string of the molecule is CCCO[13c]1[13cH][13cH][13c](C(CN)Cc2ccc3c(c2)CC=N3)[13cH][13cH]1. The molecule has 120 valence electrons. The molecule has 0 bridgehead atoms. The first-order valence-electron chi connectivity index (χ1n) is 8.37. The number of hydrogen-bond acceptors (Lipinski definition) is 3. The maximum atomic E-state index is 6.03. The van der Waals surface area contributed by atoms with Gasteiger partial charge in [0.1, 0.15) is 5.75 Å². The van der Waals surface area contributed by atoms with Gasteiger partial charge in [0, 0.05) is 18.6 Å². The lowest BCUT2D eigenvalue weighted by atomic mass is 10.0. The van der Waals surface area contributed by atoms with Crippen LogP contribution in [0.5, 0.6) is 5.75 Å². The van der Waals surface area contributed by atoms with Gasteiger partial charge in [-0.3, -0.25) is 4.99 Å². The summed E-state index contributed by atoms with van der Waals surface area (Å²) in [6, 6.07) is 14.9. The van der Waals surface area contributed by atoms with E-state index < -0.39 is 0 Å². The lowest BCUT2D eigenvalue weighted by molar-refractivity contribution is 0.317. The molecule has 0 radical (unpaired) electrons. The molecule has 3 rings (SSSR count). The van der Waals surface area contributed by atoms with Crippen LogP contribution < -0.4 is 10.5 Å². The van der Waals surface area contributed by atoms with Gasteiger partial charge in [-0.2, -0.15) is 0 Å². The van der Waals surface area contributed by atoms with Gasteiger partial charge in [-0.1, -0.05) is 31.2 Å². The summed E-state index contributed by atoms with van der Waals surface area (Å²) >= 11 is 0. The molecule has 0 aromatic heterocycles. The van der Waals surface area contributed by atoms with Crippen molar-refractivity contribution in [3.63, 3.8) is 0 Å². The average molecular weight is 314 g/mol. The molecule has 0 spiro atoms. The van der Waals surface area contributed by atoms with Crippen molar-refractivity contribution in [1.82, 2.24) is 0 Å². The molecule has 23 heavy (non-hydrogen) atoms. The Kier molecular flexibility index (Phi) is 5.09. The fourth-order valence-corrected chi connectivity index (χ4v) is 2.98. The van der Waals surface area contributed by atoms with E-state index in [2.05, 4.69) is 42.2 Å². The number of nitrogens with zero attached hydrogens (tertiary/aromatic N) is 1. The summed E-state index contributed by atoms with van der Waals surface area (Å²) in [6.45, 7) is 3.51. The van der Waals surface area contributed by atoms with Crippen LogP contribution in [0.3, 0.4) is 0 Å². The first-order valence-corrected chi connectivity index (χ1v) is 8.37. The molecule has 3 heteroatoms. The van der Waals surface area contributed by atoms with Gasteiger partial charge in [0.15, 0.2) is 0 Å². The van der Waals surface area contributed by atoms with E-state index in [0.717, 1.165) is 37.3 Å². The minimum absolute atomic E-state index is 0.329. The van der Waals surface area contributed by atoms with Crippen LogP contribution in [0.25, 0.3) is 0 Å². The Hall–Kier alpha value is -2.13. The normalized spacial score (nSPS) is 13.8. The number of fused-ring (bicyclic) bond motifs is 1. The fourth-order valence-electron chi connectivity index (χ4n) is 2.98. The fraction of sp³-hybridized carbons (Fsp3) is 0.350. The molecule has 2 aromatic rings. The Bertz CT molecular complexity index is 677. The Labute approximate surface area is 138 Å². The molecule has 1 aliphatic heterocycles. The van der Waals surface area contributed by atoms with Crippen molar-refractivity contribution in [2.75, 3.05) is 13.2 Å². The van der Waals surface area contributed by atoms with Crippen molar-refractivity contribution < 1.29 is 4.74 Å². The summed E-state index contributed by atoms with van der Waals surface area (Å²) in [5.41, 5.74) is 11.1. The summed E-state index contributed by atoms with van der Waals surface area (Å²) in [6.07, 6.45) is 4.90. The maximum Gasteiger partial charge on any atom is 0.119 e. The van der Waals surface area contributed by atoms with Crippen molar-refractivity contribution in [3.8, 4) is 5.75 Å². The van der Waals surface area contributed by atoms with Crippen molar-refractivity contribution in [3.05, 3.63) is 59.2 Å². The van der Waals surface area contributed by atoms with Gasteiger partial charge >= 0.3 is 0 Å². The molecule has 3 nitrogen and oxygen atoms in total. The summed E-state index contributed by atoms with van der Waals surface area (Å²) in [7, 11) is 0. The van der Waals surface area contributed by atoms with Crippen molar-refractivity contribution in [2.24, 2.45) is 10.7 Å². The second-order valence-electron chi connectivity index (χ2n) is 6.03. The number of hydrogen-bond donors (Lipinski definition) is 1. The molecular formula is C20H24N2O. The third-order valence-electron chi connectivity index (χ3n) is 4.28. The maximum absolute atomic E-state index is 6.03. The summed E-state index contributed by atoms with van der Waals surface area (Å²) in [5, 5.41) is 0. The Morgan fingerprint density at radius 2 is 2.00 bits per heavy atom. The van der Waals surface area contributed by atoms with E-state index in [0.29, 0.717) is 12.5 Å². The first-order chi connectivity index (χ1) is 11.3. The van der Waals surface area contributed by atoms with Crippen LogP contribution in [0.1, 0.15) is 36.0 Å². The largest absolute Gasteiger partial charge is 0.494 e. The smallest absolute Gasteiger partial charge is 0.119 e. The van der Waals surface area contributed by atoms with Gasteiger partial charge in [-0.15, -0.1) is 0 Å². The molecule has 0 aliphatic carbocycles. The van der Waals surface area contributed by atoms with E-state index >= 15 is 0 Å². The van der Waals surface area contributed by atoms with Crippen LogP contribution in [0.15, 0.2) is 47.5 Å². The molecule has 0 amide bonds. The third kappa shape index (κ3) is 3.80. The van der Waals surface area contributed by atoms with Gasteiger partial charge in [-0.25, -0.2) is 0 Å². The number of nitrogens with two attached hydrogens (primary N) is 1. The topological polar surface area (TPSA) is 47.6 Å². The zero-order valence-electron chi connectivity index (χ0n) is 13.7. The second kappa shape index (κ2) is 7.42. The number of ether oxygens (including phenoxy) is 1. The standard InChI is InChI=1S/C20H24N2O/c1-2-11-23-19-6-4-16(5-7-19)18(14-21)13-15-3-8-20-17(12-15)9-10-22-20/h3-8,10,12,18H,2,9,11,13-14,21H2,1H3/i4+1,5+1,6+1,7+1,16+1,19+1. The van der Waals surface area contributed by atoms with Crippen molar-refractivity contribution >= 4 is 11.9 Å². The molecule has 2 N–H and O–H groups in total. The highest BCUT2D eigenvalue weighted by Crippen LogP contribution is 2.28. The van der Waals surface area contributed by atoms with Gasteiger partial charge in [0.2, 0.25) is 0 Å². The molecule has 1 heterocycles. The lowest BCUT2D eigenvalue weighted by Crippen LogP contribution is -2.15. The molecule has 0 saturated heterocycles. The Balaban J connectivity index is 1.70. The Morgan fingerprint density at radius 3 is 2.74 bits per heavy atom. The monoisotopic (exact) mass is 314 g/mol. The van der Waals surface area contributed by atoms with Crippen LogP contribution in [0.4, 0.5) is 5.69 Å². The zero-order valence-corrected chi connectivity index (χ0v) is 13.7. The summed E-state index contributed by atoms with van der Waals surface area (Å²) in [4.78, 5) is 4.37. The molecule has 1 aliphatic rings. The van der Waals surface area contributed by atoms with Gasteiger partial charge in [-0.05, 0) is 54.3 Å². The van der Waals surface area contributed by atoms with Crippen LogP contribution >= 0.6 is 0 Å². The average Bonchev–Trinajstić information content (AvgIpc) is 3.06. The van der Waals surface area contributed by atoms with E-state index in [1.807, 2.05) is 18.3 Å². The van der Waals surface area contributed by atoms with E-state index in [-0.39, 0.29) is 0 Å². The van der Waals surface area contributed by atoms with Crippen molar-refractivity contribution in [1.29, 1.82) is 0 Å². The summed E-state index contributed by atoms with van der Waals surface area (Å²) in [5.74, 6) is 1.26. The number of aliphatic imine (C=N–C) groups is 1. The van der Waals surface area contributed by atoms with Crippen LogP contribution in [0.2, 0.25) is 0 Å². The van der Waals surface area contributed by atoms with Gasteiger partial charge in [0.05, 0.1) is 12.3 Å². The quantitative estimate of drug-likeness (QED) is 0.839. The lowest BCUT2D eigenvalue weighted by Gasteiger charge is -2.16. The Morgan fingerprint density at radius 1 is 1.17 bits per heavy atom. The zero-order chi connectivity index (χ0) is 16.1. The van der Waals surface area contributed by atoms with Gasteiger partial charge in [0.25, 0.3) is 0 Å². The van der Waals surface area contributed by atoms with Gasteiger partial charge < -0.3 is 10.5 Å². The highest BCUT2D eigenvalue weighted by atomic mass is 16.5. The second-order valence-corrected chi connectivity index (χ2v) is 6.03. The van der Waals surface area contributed by atoms with Crippen LogP contribution in [-0.2, 0) is 12.8 Å². The van der Waals surface area contributed by atoms with E-state index in [1.54, 1.807) is 0 Å². The van der Waals surface area contributed by atoms with Crippen molar-refractivity contribution in [2.45, 2.75) is 32.1 Å². The minimum Gasteiger partial charge on any atom is -0.494 e. The first kappa shape index (κ1) is 15.8. The van der Waals surface area contributed by atoms with E-state index in [4.69, 9.17) is 10.5 Å².